The van der Waals surface area contributed by atoms with Gasteiger partial charge in [0.05, 0.1) is 17.2 Å². The molecule has 1 fully saturated rings. The van der Waals surface area contributed by atoms with Crippen molar-refractivity contribution in [1.82, 2.24) is 34.4 Å². The fourth-order valence-electron chi connectivity index (χ4n) is 4.25. The van der Waals surface area contributed by atoms with Gasteiger partial charge in [0.2, 0.25) is 5.95 Å². The summed E-state index contributed by atoms with van der Waals surface area (Å²) < 4.78 is 4.11. The Balaban J connectivity index is 1.51. The highest BCUT2D eigenvalue weighted by atomic mass is 15.3. The first-order chi connectivity index (χ1) is 14.1. The molecule has 8 heteroatoms. The van der Waals surface area contributed by atoms with E-state index in [1.807, 2.05) is 30.0 Å². The Morgan fingerprint density at radius 2 is 1.97 bits per heavy atom. The normalized spacial score (nSPS) is 15.6. The number of nitrogens with one attached hydrogen (secondary N) is 2. The number of anilines is 1. The van der Waals surface area contributed by atoms with Gasteiger partial charge in [0.1, 0.15) is 5.82 Å². The molecule has 150 valence electrons. The number of rotatable bonds is 4. The van der Waals surface area contributed by atoms with E-state index in [2.05, 4.69) is 61.2 Å². The van der Waals surface area contributed by atoms with Crippen molar-refractivity contribution in [3.05, 3.63) is 36.5 Å². The van der Waals surface area contributed by atoms with Crippen LogP contribution in [0.2, 0.25) is 0 Å². The van der Waals surface area contributed by atoms with Gasteiger partial charge in [0.15, 0.2) is 5.65 Å². The van der Waals surface area contributed by atoms with Crippen molar-refractivity contribution in [1.29, 1.82) is 0 Å². The van der Waals surface area contributed by atoms with E-state index in [0.717, 1.165) is 59.6 Å². The Labute approximate surface area is 169 Å². The van der Waals surface area contributed by atoms with Crippen LogP contribution in [-0.2, 0) is 0 Å². The maximum atomic E-state index is 4.66. The molecule has 4 aromatic rings. The van der Waals surface area contributed by atoms with Crippen molar-refractivity contribution in [2.24, 2.45) is 0 Å². The molecule has 4 aromatic heterocycles. The second-order valence-corrected chi connectivity index (χ2v) is 8.00. The average Bonchev–Trinajstić information content (AvgIpc) is 3.27. The predicted octanol–water partition coefficient (Wildman–Crippen LogP) is 3.19. The Bertz CT molecular complexity index is 1170. The molecule has 0 aromatic carbocycles. The molecule has 0 radical (unpaired) electrons. The molecule has 1 saturated heterocycles. The van der Waals surface area contributed by atoms with E-state index in [0.29, 0.717) is 18.0 Å². The lowest BCUT2D eigenvalue weighted by molar-refractivity contribution is 0.476. The summed E-state index contributed by atoms with van der Waals surface area (Å²) in [7, 11) is 0. The van der Waals surface area contributed by atoms with Gasteiger partial charge in [-0.25, -0.2) is 19.5 Å². The summed E-state index contributed by atoms with van der Waals surface area (Å²) >= 11 is 0. The quantitative estimate of drug-likeness (QED) is 0.557. The van der Waals surface area contributed by atoms with E-state index in [-0.39, 0.29) is 0 Å². The third-order valence-corrected chi connectivity index (χ3v) is 5.64. The number of imidazole rings is 1. The summed E-state index contributed by atoms with van der Waals surface area (Å²) in [4.78, 5) is 13.8. The van der Waals surface area contributed by atoms with E-state index < -0.39 is 0 Å². The summed E-state index contributed by atoms with van der Waals surface area (Å²) in [5.41, 5.74) is 4.92. The van der Waals surface area contributed by atoms with Gasteiger partial charge in [-0.3, -0.25) is 0 Å². The van der Waals surface area contributed by atoms with Crippen molar-refractivity contribution in [3.8, 4) is 11.1 Å². The van der Waals surface area contributed by atoms with E-state index >= 15 is 0 Å². The van der Waals surface area contributed by atoms with E-state index in [9.17, 15) is 0 Å². The molecule has 5 heterocycles. The van der Waals surface area contributed by atoms with Crippen molar-refractivity contribution in [2.75, 3.05) is 18.4 Å². The molecule has 5 rings (SSSR count). The monoisotopic (exact) mass is 390 g/mol. The lowest BCUT2D eigenvalue weighted by atomic mass is 10.1. The predicted molar refractivity (Wildman–Crippen MR) is 114 cm³/mol. The zero-order chi connectivity index (χ0) is 20.0. The minimum atomic E-state index is 0.329. The smallest absolute Gasteiger partial charge is 0.241 e. The Morgan fingerprint density at radius 3 is 2.76 bits per heavy atom. The van der Waals surface area contributed by atoms with Crippen LogP contribution in [0.1, 0.15) is 38.6 Å². The first kappa shape index (κ1) is 18.1. The van der Waals surface area contributed by atoms with Crippen molar-refractivity contribution >= 4 is 22.6 Å². The zero-order valence-corrected chi connectivity index (χ0v) is 17.1. The molecule has 0 amide bonds. The fraction of sp³-hybridized carbons (Fsp3) is 0.429. The van der Waals surface area contributed by atoms with Gasteiger partial charge in [-0.2, -0.15) is 0 Å². The number of piperidine rings is 1. The maximum Gasteiger partial charge on any atom is 0.241 e. The standard InChI is InChI=1S/C21H26N8/c1-13(2)29-14(3)25-20-18(29)10-15(11-23-20)17-6-9-28-19(17)12-24-21(27-28)26-16-4-7-22-8-5-16/h6,9-13,16,22H,4-5,7-8H2,1-3H3,(H,26,27). The third-order valence-electron chi connectivity index (χ3n) is 5.64. The second-order valence-electron chi connectivity index (χ2n) is 8.00. The summed E-state index contributed by atoms with van der Waals surface area (Å²) in [6.07, 6.45) is 7.94. The van der Waals surface area contributed by atoms with Crippen LogP contribution >= 0.6 is 0 Å². The molecule has 0 unspecified atom stereocenters. The number of aromatic nitrogens is 6. The van der Waals surface area contributed by atoms with Gasteiger partial charge in [0, 0.05) is 35.6 Å². The number of hydrogen-bond acceptors (Lipinski definition) is 6. The molecule has 29 heavy (non-hydrogen) atoms. The lowest BCUT2D eigenvalue weighted by Crippen LogP contribution is -2.35. The molecular weight excluding hydrogens is 364 g/mol. The Hall–Kier alpha value is -3.00. The molecule has 1 aliphatic rings. The van der Waals surface area contributed by atoms with Crippen LogP contribution in [-0.4, -0.2) is 48.3 Å². The minimum absolute atomic E-state index is 0.329. The summed E-state index contributed by atoms with van der Waals surface area (Å²) in [5.74, 6) is 1.66. The maximum absolute atomic E-state index is 4.66. The first-order valence-corrected chi connectivity index (χ1v) is 10.3. The molecule has 2 N–H and O–H groups in total. The highest BCUT2D eigenvalue weighted by molar-refractivity contribution is 5.85. The minimum Gasteiger partial charge on any atom is -0.350 e. The largest absolute Gasteiger partial charge is 0.350 e. The zero-order valence-electron chi connectivity index (χ0n) is 17.1. The molecule has 0 bridgehead atoms. The summed E-state index contributed by atoms with van der Waals surface area (Å²) in [6.45, 7) is 8.43. The highest BCUT2D eigenvalue weighted by Gasteiger charge is 2.16. The Morgan fingerprint density at radius 1 is 1.14 bits per heavy atom. The van der Waals surface area contributed by atoms with Crippen LogP contribution in [0.25, 0.3) is 27.8 Å². The highest BCUT2D eigenvalue weighted by Crippen LogP contribution is 2.29. The summed E-state index contributed by atoms with van der Waals surface area (Å²) in [5, 5.41) is 11.5. The van der Waals surface area contributed by atoms with Crippen molar-refractivity contribution in [3.63, 3.8) is 0 Å². The SMILES string of the molecule is Cc1nc2ncc(-c3ccn4nc(NC5CCNCC5)ncc34)cc2n1C(C)C. The average molecular weight is 390 g/mol. The molecule has 0 atom stereocenters. The van der Waals surface area contributed by atoms with Crippen molar-refractivity contribution in [2.45, 2.75) is 45.7 Å². The van der Waals surface area contributed by atoms with E-state index in [1.54, 1.807) is 0 Å². The Kier molecular flexibility index (Phi) is 4.43. The van der Waals surface area contributed by atoms with Gasteiger partial charge >= 0.3 is 0 Å². The van der Waals surface area contributed by atoms with Crippen LogP contribution in [0.5, 0.6) is 0 Å². The first-order valence-electron chi connectivity index (χ1n) is 10.3. The van der Waals surface area contributed by atoms with Crippen LogP contribution in [0, 0.1) is 6.92 Å². The lowest BCUT2D eigenvalue weighted by Gasteiger charge is -2.23. The van der Waals surface area contributed by atoms with Crippen LogP contribution in [0.3, 0.4) is 0 Å². The molecular formula is C21H26N8. The number of hydrogen-bond donors (Lipinski definition) is 2. The van der Waals surface area contributed by atoms with Gasteiger partial charge in [-0.15, -0.1) is 5.10 Å². The number of fused-ring (bicyclic) bond motifs is 2. The molecule has 8 nitrogen and oxygen atoms in total. The number of pyridine rings is 1. The van der Waals surface area contributed by atoms with E-state index in [4.69, 9.17) is 0 Å². The molecule has 0 saturated carbocycles. The fourth-order valence-corrected chi connectivity index (χ4v) is 4.25. The molecule has 0 aliphatic carbocycles. The second kappa shape index (κ2) is 7.11. The summed E-state index contributed by atoms with van der Waals surface area (Å²) in [6, 6.07) is 4.99. The molecule has 0 spiro atoms. The van der Waals surface area contributed by atoms with Crippen LogP contribution in [0.15, 0.2) is 30.7 Å². The van der Waals surface area contributed by atoms with Crippen LogP contribution in [0.4, 0.5) is 5.95 Å². The van der Waals surface area contributed by atoms with Gasteiger partial charge in [-0.1, -0.05) is 0 Å². The van der Waals surface area contributed by atoms with Gasteiger partial charge in [0.25, 0.3) is 0 Å². The number of aryl methyl sites for hydroxylation is 1. The van der Waals surface area contributed by atoms with Gasteiger partial charge in [-0.05, 0) is 58.8 Å². The van der Waals surface area contributed by atoms with Crippen LogP contribution < -0.4 is 10.6 Å². The number of nitrogens with zero attached hydrogens (tertiary/aromatic N) is 6. The van der Waals surface area contributed by atoms with E-state index in [1.165, 1.54) is 0 Å². The van der Waals surface area contributed by atoms with Crippen molar-refractivity contribution < 1.29 is 0 Å². The third kappa shape index (κ3) is 3.23. The topological polar surface area (TPSA) is 85.0 Å². The molecule has 1 aliphatic heterocycles. The van der Waals surface area contributed by atoms with Gasteiger partial charge < -0.3 is 15.2 Å².